The van der Waals surface area contributed by atoms with Gasteiger partial charge in [-0.05, 0) is 43.5 Å². The van der Waals surface area contributed by atoms with Crippen molar-refractivity contribution in [1.29, 1.82) is 0 Å². The van der Waals surface area contributed by atoms with Crippen LogP contribution in [0.3, 0.4) is 0 Å². The third-order valence-electron chi connectivity index (χ3n) is 6.62. The lowest BCUT2D eigenvalue weighted by molar-refractivity contribution is -0.117. The molecule has 2 aliphatic rings. The predicted molar refractivity (Wildman–Crippen MR) is 147 cm³/mol. The zero-order valence-electron chi connectivity index (χ0n) is 20.6. The number of carbonyl (C=O) groups excluding carboxylic acids is 3. The minimum atomic E-state index is -0.459. The smallest absolute Gasteiger partial charge is 0.331 e. The molecule has 6 rings (SSSR count). The molecule has 0 saturated heterocycles. The Morgan fingerprint density at radius 3 is 2.56 bits per heavy atom. The summed E-state index contributed by atoms with van der Waals surface area (Å²) in [6, 6.07) is 10.1. The van der Waals surface area contributed by atoms with E-state index >= 15 is 0 Å². The van der Waals surface area contributed by atoms with E-state index in [0.29, 0.717) is 37.9 Å². The largest absolute Gasteiger partial charge is 0.424 e. The summed E-state index contributed by atoms with van der Waals surface area (Å²) in [7, 11) is 0. The molecule has 4 aromatic rings. The Morgan fingerprint density at radius 2 is 1.82 bits per heavy atom. The van der Waals surface area contributed by atoms with Gasteiger partial charge in [-0.3, -0.25) is 14.5 Å². The van der Waals surface area contributed by atoms with Crippen LogP contribution in [-0.2, 0) is 4.79 Å². The van der Waals surface area contributed by atoms with Gasteiger partial charge in [0.1, 0.15) is 15.5 Å². The number of rotatable bonds is 7. The van der Waals surface area contributed by atoms with Gasteiger partial charge in [0.05, 0.1) is 34.8 Å². The molecular formula is C27H23N7O4S. The topological polar surface area (TPSA) is 138 Å². The van der Waals surface area contributed by atoms with Crippen LogP contribution in [0.25, 0.3) is 10.2 Å². The molecule has 1 fully saturated rings. The molecule has 0 unspecified atom stereocenters. The molecule has 1 aliphatic heterocycles. The third-order valence-corrected chi connectivity index (χ3v) is 7.72. The molecule has 2 atom stereocenters. The van der Waals surface area contributed by atoms with Gasteiger partial charge >= 0.3 is 12.0 Å². The van der Waals surface area contributed by atoms with Gasteiger partial charge in [0.25, 0.3) is 5.91 Å². The minimum absolute atomic E-state index is 0.145. The van der Waals surface area contributed by atoms with Gasteiger partial charge in [0.15, 0.2) is 0 Å². The summed E-state index contributed by atoms with van der Waals surface area (Å²) < 4.78 is 5.66. The molecule has 3 aromatic heterocycles. The molecule has 3 N–H and O–H groups in total. The van der Waals surface area contributed by atoms with Crippen molar-refractivity contribution in [3.8, 4) is 11.8 Å². The first-order valence-corrected chi connectivity index (χ1v) is 13.1. The number of benzene rings is 1. The highest BCUT2D eigenvalue weighted by Gasteiger charge is 2.35. The van der Waals surface area contributed by atoms with E-state index in [0.717, 1.165) is 19.3 Å². The first kappa shape index (κ1) is 24.5. The van der Waals surface area contributed by atoms with Crippen molar-refractivity contribution in [3.05, 3.63) is 72.5 Å². The summed E-state index contributed by atoms with van der Waals surface area (Å²) >= 11 is 1.20. The number of pyridine rings is 1. The van der Waals surface area contributed by atoms with Gasteiger partial charge in [-0.1, -0.05) is 24.8 Å². The molecule has 1 aliphatic carbocycles. The van der Waals surface area contributed by atoms with Crippen LogP contribution in [-0.4, -0.2) is 44.9 Å². The van der Waals surface area contributed by atoms with Crippen molar-refractivity contribution in [1.82, 2.24) is 25.6 Å². The number of hydrogen-bond acceptors (Lipinski definition) is 8. The van der Waals surface area contributed by atoms with Gasteiger partial charge in [0, 0.05) is 18.3 Å². The zero-order valence-corrected chi connectivity index (χ0v) is 21.4. The summed E-state index contributed by atoms with van der Waals surface area (Å²) in [6.07, 6.45) is 8.19. The number of thiophene rings is 1. The standard InChI is InChI=1S/C27H23N7O4S/c1-2-20(35)31-17-9-6-10-18(17)32-24(36)23-22-21-19(11-12-28-25(21)39-23)34(27(37)33-22)15-13-29-26(30-14-15)38-16-7-4-3-5-8-16/h2-5,7-8,11-14,17-18H,1,6,9-10H2,(H,31,35)(H,32,36)(H,33,37)/t17-,18-/m1/s1. The van der Waals surface area contributed by atoms with Crippen molar-refractivity contribution >= 4 is 56.5 Å². The van der Waals surface area contributed by atoms with E-state index in [1.54, 1.807) is 24.4 Å². The van der Waals surface area contributed by atoms with Crippen LogP contribution in [0.2, 0.25) is 0 Å². The monoisotopic (exact) mass is 541 g/mol. The van der Waals surface area contributed by atoms with E-state index in [4.69, 9.17) is 4.74 Å². The summed E-state index contributed by atoms with van der Waals surface area (Å²) in [6.45, 7) is 3.49. The second kappa shape index (κ2) is 10.1. The van der Waals surface area contributed by atoms with E-state index in [1.165, 1.54) is 34.7 Å². The van der Waals surface area contributed by atoms with E-state index in [2.05, 4.69) is 37.5 Å². The number of nitrogens with zero attached hydrogens (tertiary/aromatic N) is 4. The third kappa shape index (κ3) is 4.66. The van der Waals surface area contributed by atoms with Gasteiger partial charge in [-0.15, -0.1) is 11.3 Å². The minimum Gasteiger partial charge on any atom is -0.424 e. The summed E-state index contributed by atoms with van der Waals surface area (Å²) in [4.78, 5) is 53.8. The molecule has 196 valence electrons. The number of urea groups is 1. The summed E-state index contributed by atoms with van der Waals surface area (Å²) in [5, 5.41) is 9.43. The molecule has 0 radical (unpaired) electrons. The first-order chi connectivity index (χ1) is 19.0. The molecule has 0 bridgehead atoms. The van der Waals surface area contributed by atoms with Crippen LogP contribution in [0.1, 0.15) is 28.9 Å². The van der Waals surface area contributed by atoms with E-state index in [1.807, 2.05) is 18.2 Å². The van der Waals surface area contributed by atoms with Crippen LogP contribution in [0, 0.1) is 0 Å². The number of ether oxygens (including phenoxy) is 1. The fourth-order valence-electron chi connectivity index (χ4n) is 4.85. The number of hydrogen-bond donors (Lipinski definition) is 3. The number of aromatic nitrogens is 3. The molecule has 39 heavy (non-hydrogen) atoms. The average molecular weight is 542 g/mol. The predicted octanol–water partition coefficient (Wildman–Crippen LogP) is 4.52. The zero-order chi connectivity index (χ0) is 26.9. The average Bonchev–Trinajstić information content (AvgIpc) is 3.54. The van der Waals surface area contributed by atoms with Crippen LogP contribution in [0.15, 0.2) is 67.6 Å². The number of nitrogens with one attached hydrogen (secondary N) is 3. The maximum absolute atomic E-state index is 13.4. The summed E-state index contributed by atoms with van der Waals surface area (Å²) in [5.74, 6) is -0.0105. The lowest BCUT2D eigenvalue weighted by atomic mass is 10.1. The first-order valence-electron chi connectivity index (χ1n) is 12.3. The highest BCUT2D eigenvalue weighted by Crippen LogP contribution is 2.45. The van der Waals surface area contributed by atoms with Gasteiger partial charge in [0.2, 0.25) is 5.91 Å². The fraction of sp³-hybridized carbons (Fsp3) is 0.185. The Balaban J connectivity index is 1.27. The van der Waals surface area contributed by atoms with Gasteiger partial charge in [-0.25, -0.2) is 19.7 Å². The molecule has 1 aromatic carbocycles. The maximum atomic E-state index is 13.4. The number of anilines is 3. The normalized spacial score (nSPS) is 17.9. The Labute approximate surface area is 226 Å². The number of para-hydroxylation sites is 1. The Hall–Kier alpha value is -4.84. The molecule has 12 heteroatoms. The van der Waals surface area contributed by atoms with Gasteiger partial charge < -0.3 is 20.7 Å². The van der Waals surface area contributed by atoms with Crippen LogP contribution < -0.4 is 25.6 Å². The molecular weight excluding hydrogens is 518 g/mol. The van der Waals surface area contributed by atoms with Crippen molar-refractivity contribution in [2.24, 2.45) is 0 Å². The Bertz CT molecular complexity index is 1590. The number of amides is 4. The lowest BCUT2D eigenvalue weighted by Crippen LogP contribution is -2.48. The second-order valence-electron chi connectivity index (χ2n) is 9.05. The van der Waals surface area contributed by atoms with Crippen molar-refractivity contribution in [2.45, 2.75) is 31.3 Å². The Kier molecular flexibility index (Phi) is 6.37. The van der Waals surface area contributed by atoms with E-state index in [-0.39, 0.29) is 29.9 Å². The maximum Gasteiger partial charge on any atom is 0.331 e. The molecule has 11 nitrogen and oxygen atoms in total. The van der Waals surface area contributed by atoms with Gasteiger partial charge in [-0.2, -0.15) is 0 Å². The van der Waals surface area contributed by atoms with Crippen LogP contribution in [0.4, 0.5) is 21.9 Å². The Morgan fingerprint density at radius 1 is 1.08 bits per heavy atom. The van der Waals surface area contributed by atoms with Crippen LogP contribution >= 0.6 is 11.3 Å². The van der Waals surface area contributed by atoms with Crippen molar-refractivity contribution in [2.75, 3.05) is 10.2 Å². The van der Waals surface area contributed by atoms with E-state index in [9.17, 15) is 14.4 Å². The SMILES string of the molecule is C=CC(=O)N[C@@H]1CCC[C@H]1NC(=O)c1sc2nccc3c2c1NC(=O)N3c1cnc(Oc2ccccc2)nc1. The molecule has 4 heterocycles. The summed E-state index contributed by atoms with van der Waals surface area (Å²) in [5.41, 5.74) is 1.40. The fourth-order valence-corrected chi connectivity index (χ4v) is 5.88. The highest BCUT2D eigenvalue weighted by molar-refractivity contribution is 7.21. The lowest BCUT2D eigenvalue weighted by Gasteiger charge is -2.28. The number of carbonyl (C=O) groups is 3. The second-order valence-corrected chi connectivity index (χ2v) is 10.1. The highest BCUT2D eigenvalue weighted by atomic mass is 32.1. The van der Waals surface area contributed by atoms with Crippen LogP contribution in [0.5, 0.6) is 11.8 Å². The molecule has 0 spiro atoms. The quantitative estimate of drug-likeness (QED) is 0.293. The van der Waals surface area contributed by atoms with Crippen molar-refractivity contribution in [3.63, 3.8) is 0 Å². The molecule has 4 amide bonds. The van der Waals surface area contributed by atoms with Crippen molar-refractivity contribution < 1.29 is 19.1 Å². The molecule has 1 saturated carbocycles. The van der Waals surface area contributed by atoms with E-state index < -0.39 is 6.03 Å².